The van der Waals surface area contributed by atoms with Gasteiger partial charge in [-0.3, -0.25) is 4.21 Å². The van der Waals surface area contributed by atoms with Crippen molar-refractivity contribution in [1.29, 1.82) is 0 Å². The van der Waals surface area contributed by atoms with Crippen LogP contribution in [-0.2, 0) is 28.1 Å². The van der Waals surface area contributed by atoms with E-state index >= 15 is 0 Å². The second-order valence-electron chi connectivity index (χ2n) is 6.01. The van der Waals surface area contributed by atoms with Crippen molar-refractivity contribution < 1.29 is 8.73 Å². The van der Waals surface area contributed by atoms with Crippen LogP contribution in [0.2, 0.25) is 0 Å². The third-order valence-corrected chi connectivity index (χ3v) is 7.50. The molecule has 0 fully saturated rings. The van der Waals surface area contributed by atoms with E-state index in [0.29, 0.717) is 11.5 Å². The quantitative estimate of drug-likeness (QED) is 0.453. The molecule has 1 aromatic heterocycles. The molecule has 1 heterocycles. The molecule has 3 nitrogen and oxygen atoms in total. The maximum absolute atomic E-state index is 12.4. The summed E-state index contributed by atoms with van der Waals surface area (Å²) >= 11 is 0. The van der Waals surface area contributed by atoms with Crippen molar-refractivity contribution in [3.05, 3.63) is 82.7 Å². The Morgan fingerprint density at radius 3 is 2.46 bits per heavy atom. The van der Waals surface area contributed by atoms with Gasteiger partial charge in [0.1, 0.15) is 5.76 Å². The van der Waals surface area contributed by atoms with Crippen molar-refractivity contribution in [2.24, 2.45) is 0 Å². The number of hydrogen-bond donors (Lipinski definition) is 0. The number of aromatic nitrogens is 1. The number of benzene rings is 2. The summed E-state index contributed by atoms with van der Waals surface area (Å²) < 4.78 is 17.6. The standard InChI is InChI=1S/C20H21NO2S3/c1-15-20(16(2)23-21-15)12-24-25-19-10-6-9-18(11-19)14-26(22)13-17-7-4-3-5-8-17/h3-11H,12-14H2,1-2H3. The van der Waals surface area contributed by atoms with Crippen molar-refractivity contribution in [2.75, 3.05) is 0 Å². The Labute approximate surface area is 164 Å². The molecule has 0 aliphatic carbocycles. The van der Waals surface area contributed by atoms with Gasteiger partial charge in [0.25, 0.3) is 0 Å². The van der Waals surface area contributed by atoms with Gasteiger partial charge in [-0.15, -0.1) is 0 Å². The monoisotopic (exact) mass is 403 g/mol. The third-order valence-electron chi connectivity index (χ3n) is 3.94. The molecule has 0 aliphatic rings. The molecular weight excluding hydrogens is 382 g/mol. The summed E-state index contributed by atoms with van der Waals surface area (Å²) in [6.07, 6.45) is 0. The van der Waals surface area contributed by atoms with E-state index in [4.69, 9.17) is 4.52 Å². The van der Waals surface area contributed by atoms with Crippen molar-refractivity contribution >= 4 is 32.4 Å². The third kappa shape index (κ3) is 5.50. The highest BCUT2D eigenvalue weighted by Crippen LogP contribution is 2.35. The molecule has 1 unspecified atom stereocenters. The predicted octanol–water partition coefficient (Wildman–Crippen LogP) is 5.68. The summed E-state index contributed by atoms with van der Waals surface area (Å²) in [7, 11) is 2.59. The number of nitrogens with zero attached hydrogens (tertiary/aromatic N) is 1. The van der Waals surface area contributed by atoms with Crippen LogP contribution in [0.15, 0.2) is 64.0 Å². The fourth-order valence-electron chi connectivity index (χ4n) is 2.55. The summed E-state index contributed by atoms with van der Waals surface area (Å²) in [5, 5.41) is 3.99. The molecule has 0 amide bonds. The first kappa shape index (κ1) is 19.3. The molecule has 2 aromatic carbocycles. The maximum Gasteiger partial charge on any atom is 0.137 e. The lowest BCUT2D eigenvalue weighted by Gasteiger charge is -2.06. The van der Waals surface area contributed by atoms with E-state index in [2.05, 4.69) is 17.3 Å². The van der Waals surface area contributed by atoms with Crippen LogP contribution in [-0.4, -0.2) is 9.37 Å². The molecule has 0 aliphatic heterocycles. The van der Waals surface area contributed by atoms with Gasteiger partial charge in [-0.05, 0) is 37.1 Å². The second-order valence-corrected chi connectivity index (χ2v) is 9.84. The van der Waals surface area contributed by atoms with E-state index in [1.165, 1.54) is 10.5 Å². The maximum atomic E-state index is 12.4. The first-order valence-electron chi connectivity index (χ1n) is 8.31. The molecule has 3 aromatic rings. The van der Waals surface area contributed by atoms with Gasteiger partial charge in [0.2, 0.25) is 0 Å². The first-order chi connectivity index (χ1) is 12.6. The second kappa shape index (κ2) is 9.44. The Hall–Kier alpha value is -1.50. The Kier molecular flexibility index (Phi) is 7.00. The van der Waals surface area contributed by atoms with E-state index in [1.807, 2.05) is 56.3 Å². The van der Waals surface area contributed by atoms with Crippen molar-refractivity contribution in [3.8, 4) is 0 Å². The number of hydrogen-bond acceptors (Lipinski definition) is 5. The molecule has 1 atom stereocenters. The normalized spacial score (nSPS) is 12.2. The van der Waals surface area contributed by atoms with E-state index in [9.17, 15) is 4.21 Å². The smallest absolute Gasteiger partial charge is 0.137 e. The molecular formula is C20H21NO2S3. The lowest BCUT2D eigenvalue weighted by atomic mass is 10.2. The minimum atomic E-state index is -0.903. The Morgan fingerprint density at radius 2 is 1.73 bits per heavy atom. The van der Waals surface area contributed by atoms with E-state index < -0.39 is 10.8 Å². The number of rotatable bonds is 8. The molecule has 26 heavy (non-hydrogen) atoms. The van der Waals surface area contributed by atoms with Crippen molar-refractivity contribution in [1.82, 2.24) is 5.16 Å². The molecule has 0 saturated heterocycles. The highest BCUT2D eigenvalue weighted by Gasteiger charge is 2.09. The molecule has 0 spiro atoms. The molecule has 136 valence electrons. The molecule has 0 saturated carbocycles. The predicted molar refractivity (Wildman–Crippen MR) is 112 cm³/mol. The summed E-state index contributed by atoms with van der Waals surface area (Å²) in [5.74, 6) is 2.92. The van der Waals surface area contributed by atoms with Crippen LogP contribution in [0.1, 0.15) is 28.1 Å². The van der Waals surface area contributed by atoms with Crippen LogP contribution < -0.4 is 0 Å². The van der Waals surface area contributed by atoms with Gasteiger partial charge in [-0.25, -0.2) is 0 Å². The van der Waals surface area contributed by atoms with Crippen LogP contribution >= 0.6 is 21.6 Å². The first-order valence-corrected chi connectivity index (χ1v) is 12.1. The minimum absolute atomic E-state index is 0.581. The van der Waals surface area contributed by atoms with E-state index in [1.54, 1.807) is 21.6 Å². The fraction of sp³-hybridized carbons (Fsp3) is 0.250. The zero-order chi connectivity index (χ0) is 18.4. The summed E-state index contributed by atoms with van der Waals surface area (Å²) in [6, 6.07) is 18.3. The SMILES string of the molecule is Cc1noc(C)c1CSSc1cccc(CS(=O)Cc2ccccc2)c1. The van der Waals surface area contributed by atoms with Crippen LogP contribution in [0, 0.1) is 13.8 Å². The molecule has 0 bridgehead atoms. The minimum Gasteiger partial charge on any atom is -0.361 e. The fourth-order valence-corrected chi connectivity index (χ4v) is 6.07. The van der Waals surface area contributed by atoms with Gasteiger partial charge < -0.3 is 4.52 Å². The summed E-state index contributed by atoms with van der Waals surface area (Å²) in [4.78, 5) is 1.18. The van der Waals surface area contributed by atoms with Gasteiger partial charge in [0.15, 0.2) is 0 Å². The zero-order valence-corrected chi connectivity index (χ0v) is 17.3. The van der Waals surface area contributed by atoms with Gasteiger partial charge in [-0.1, -0.05) is 69.2 Å². The number of aryl methyl sites for hydroxylation is 2. The summed E-state index contributed by atoms with van der Waals surface area (Å²) in [5.41, 5.74) is 4.36. The average molecular weight is 404 g/mol. The highest BCUT2D eigenvalue weighted by molar-refractivity contribution is 8.76. The highest BCUT2D eigenvalue weighted by atomic mass is 33.1. The van der Waals surface area contributed by atoms with Gasteiger partial charge >= 0.3 is 0 Å². The van der Waals surface area contributed by atoms with Crippen LogP contribution in [0.25, 0.3) is 0 Å². The Bertz CT molecular complexity index is 858. The lowest BCUT2D eigenvalue weighted by Crippen LogP contribution is -1.99. The van der Waals surface area contributed by atoms with Crippen LogP contribution in [0.5, 0.6) is 0 Å². The van der Waals surface area contributed by atoms with Gasteiger partial charge in [0, 0.05) is 38.5 Å². The largest absolute Gasteiger partial charge is 0.361 e. The van der Waals surface area contributed by atoms with Gasteiger partial charge in [0.05, 0.1) is 5.69 Å². The lowest BCUT2D eigenvalue weighted by molar-refractivity contribution is 0.392. The Morgan fingerprint density at radius 1 is 1.00 bits per heavy atom. The van der Waals surface area contributed by atoms with E-state index in [0.717, 1.165) is 28.3 Å². The van der Waals surface area contributed by atoms with Crippen molar-refractivity contribution in [3.63, 3.8) is 0 Å². The zero-order valence-electron chi connectivity index (χ0n) is 14.8. The summed E-state index contributed by atoms with van der Waals surface area (Å²) in [6.45, 7) is 3.92. The Balaban J connectivity index is 1.53. The molecule has 3 rings (SSSR count). The van der Waals surface area contributed by atoms with Crippen LogP contribution in [0.4, 0.5) is 0 Å². The van der Waals surface area contributed by atoms with E-state index in [-0.39, 0.29) is 0 Å². The van der Waals surface area contributed by atoms with Crippen molar-refractivity contribution in [2.45, 2.75) is 36.0 Å². The molecule has 0 N–H and O–H groups in total. The van der Waals surface area contributed by atoms with Crippen LogP contribution in [0.3, 0.4) is 0 Å². The van der Waals surface area contributed by atoms with Gasteiger partial charge in [-0.2, -0.15) is 0 Å². The molecule has 0 radical (unpaired) electrons. The topological polar surface area (TPSA) is 43.1 Å². The molecule has 6 heteroatoms. The average Bonchev–Trinajstić information content (AvgIpc) is 2.95.